The van der Waals surface area contributed by atoms with E-state index in [9.17, 15) is 0 Å². The monoisotopic (exact) mass is 189 g/mol. The zero-order valence-corrected chi connectivity index (χ0v) is 9.65. The Morgan fingerprint density at radius 1 is 1.29 bits per heavy atom. The van der Waals surface area contributed by atoms with Gasteiger partial charge in [-0.1, -0.05) is 13.8 Å². The van der Waals surface area contributed by atoms with Crippen molar-refractivity contribution in [3.05, 3.63) is 28.6 Å². The molecule has 0 bridgehead atoms. The highest BCUT2D eigenvalue weighted by Gasteiger charge is 2.29. The summed E-state index contributed by atoms with van der Waals surface area (Å²) < 4.78 is 0. The van der Waals surface area contributed by atoms with Gasteiger partial charge in [0.05, 0.1) is 0 Å². The van der Waals surface area contributed by atoms with Gasteiger partial charge in [-0.3, -0.25) is 4.98 Å². The van der Waals surface area contributed by atoms with Crippen LogP contribution in [-0.4, -0.2) is 4.98 Å². The first-order valence-electron chi connectivity index (χ1n) is 5.48. The molecule has 2 rings (SSSR count). The lowest BCUT2D eigenvalue weighted by Crippen LogP contribution is -2.25. The topological polar surface area (TPSA) is 12.9 Å². The number of rotatable bonds is 0. The average molecular weight is 189 g/mol. The van der Waals surface area contributed by atoms with Crippen LogP contribution < -0.4 is 0 Å². The molecule has 0 aliphatic heterocycles. The molecule has 0 fully saturated rings. The van der Waals surface area contributed by atoms with E-state index >= 15 is 0 Å². The van der Waals surface area contributed by atoms with E-state index in [0.717, 1.165) is 0 Å². The van der Waals surface area contributed by atoms with E-state index in [4.69, 9.17) is 0 Å². The number of nitrogens with zero attached hydrogens (tertiary/aromatic N) is 1. The van der Waals surface area contributed by atoms with Crippen molar-refractivity contribution in [2.75, 3.05) is 0 Å². The number of aromatic nitrogens is 1. The highest BCUT2D eigenvalue weighted by molar-refractivity contribution is 5.39. The predicted molar refractivity (Wildman–Crippen MR) is 59.7 cm³/mol. The predicted octanol–water partition coefficient (Wildman–Crippen LogP) is 3.31. The second-order valence-electron chi connectivity index (χ2n) is 5.12. The minimum atomic E-state index is 0.332. The first-order valence-corrected chi connectivity index (χ1v) is 5.48. The Morgan fingerprint density at radius 3 is 2.71 bits per heavy atom. The van der Waals surface area contributed by atoms with Gasteiger partial charge in [0.2, 0.25) is 0 Å². The number of fused-ring (bicyclic) bond motifs is 1. The van der Waals surface area contributed by atoms with Crippen LogP contribution >= 0.6 is 0 Å². The third kappa shape index (κ3) is 1.45. The molecule has 0 atom stereocenters. The summed E-state index contributed by atoms with van der Waals surface area (Å²) >= 11 is 0. The van der Waals surface area contributed by atoms with Crippen LogP contribution in [0.2, 0.25) is 0 Å². The molecule has 0 radical (unpaired) electrons. The SMILES string of the molecule is Cc1cc2c(c(C)n1)C(C)(C)CCC2. The van der Waals surface area contributed by atoms with Crippen LogP contribution in [0.3, 0.4) is 0 Å². The maximum absolute atomic E-state index is 4.58. The summed E-state index contributed by atoms with van der Waals surface area (Å²) in [6, 6.07) is 2.27. The molecule has 0 N–H and O–H groups in total. The molecule has 0 amide bonds. The summed E-state index contributed by atoms with van der Waals surface area (Å²) in [5, 5.41) is 0. The molecule has 14 heavy (non-hydrogen) atoms. The van der Waals surface area contributed by atoms with Crippen molar-refractivity contribution in [1.29, 1.82) is 0 Å². The summed E-state index contributed by atoms with van der Waals surface area (Å²) in [7, 11) is 0. The maximum atomic E-state index is 4.58. The van der Waals surface area contributed by atoms with Crippen molar-refractivity contribution >= 4 is 0 Å². The Balaban J connectivity index is 2.63. The summed E-state index contributed by atoms with van der Waals surface area (Å²) in [5.41, 5.74) is 5.78. The molecule has 1 heterocycles. The van der Waals surface area contributed by atoms with Crippen molar-refractivity contribution in [2.45, 2.75) is 52.4 Å². The largest absolute Gasteiger partial charge is 0.258 e. The molecule has 1 aromatic rings. The van der Waals surface area contributed by atoms with Gasteiger partial charge in [0.25, 0.3) is 0 Å². The lowest BCUT2D eigenvalue weighted by atomic mass is 9.72. The van der Waals surface area contributed by atoms with E-state index in [1.807, 2.05) is 0 Å². The quantitative estimate of drug-likeness (QED) is 0.610. The maximum Gasteiger partial charge on any atom is 0.0415 e. The molecule has 0 spiro atoms. The molecule has 1 heteroatoms. The Morgan fingerprint density at radius 2 is 2.00 bits per heavy atom. The fraction of sp³-hybridized carbons (Fsp3) is 0.615. The lowest BCUT2D eigenvalue weighted by molar-refractivity contribution is 0.427. The van der Waals surface area contributed by atoms with Crippen LogP contribution in [0.4, 0.5) is 0 Å². The van der Waals surface area contributed by atoms with Gasteiger partial charge < -0.3 is 0 Å². The molecule has 0 aromatic carbocycles. The van der Waals surface area contributed by atoms with Gasteiger partial charge in [0, 0.05) is 11.4 Å². The van der Waals surface area contributed by atoms with Gasteiger partial charge in [-0.05, 0) is 55.7 Å². The minimum absolute atomic E-state index is 0.332. The Labute approximate surface area is 86.6 Å². The first-order chi connectivity index (χ1) is 6.50. The second kappa shape index (κ2) is 3.08. The molecular weight excluding hydrogens is 170 g/mol. The van der Waals surface area contributed by atoms with E-state index in [1.54, 1.807) is 0 Å². The lowest BCUT2D eigenvalue weighted by Gasteiger charge is -2.33. The minimum Gasteiger partial charge on any atom is -0.258 e. The zero-order valence-electron chi connectivity index (χ0n) is 9.65. The van der Waals surface area contributed by atoms with Crippen molar-refractivity contribution in [2.24, 2.45) is 0 Å². The second-order valence-corrected chi connectivity index (χ2v) is 5.12. The van der Waals surface area contributed by atoms with E-state index in [-0.39, 0.29) is 0 Å². The molecule has 1 nitrogen and oxygen atoms in total. The summed E-state index contributed by atoms with van der Waals surface area (Å²) in [6.07, 6.45) is 3.86. The standard InChI is InChI=1S/C13H19N/c1-9-8-11-6-5-7-13(3,4)12(11)10(2)14-9/h8H,5-7H2,1-4H3. The van der Waals surface area contributed by atoms with Crippen molar-refractivity contribution in [3.8, 4) is 0 Å². The van der Waals surface area contributed by atoms with Gasteiger partial charge in [-0.25, -0.2) is 0 Å². The fourth-order valence-corrected chi connectivity index (χ4v) is 2.88. The highest BCUT2D eigenvalue weighted by Crippen LogP contribution is 2.38. The summed E-state index contributed by atoms with van der Waals surface area (Å²) in [5.74, 6) is 0. The number of hydrogen-bond acceptors (Lipinski definition) is 1. The van der Waals surface area contributed by atoms with Crippen molar-refractivity contribution < 1.29 is 0 Å². The van der Waals surface area contributed by atoms with Crippen LogP contribution in [0.15, 0.2) is 6.07 Å². The Kier molecular flexibility index (Phi) is 2.13. The summed E-state index contributed by atoms with van der Waals surface area (Å²) in [6.45, 7) is 8.93. The van der Waals surface area contributed by atoms with Gasteiger partial charge in [0.1, 0.15) is 0 Å². The first kappa shape index (κ1) is 9.70. The highest BCUT2D eigenvalue weighted by atomic mass is 14.7. The normalized spacial score (nSPS) is 19.1. The molecule has 1 aliphatic carbocycles. The molecule has 0 saturated heterocycles. The van der Waals surface area contributed by atoms with Gasteiger partial charge in [-0.2, -0.15) is 0 Å². The van der Waals surface area contributed by atoms with E-state index < -0.39 is 0 Å². The zero-order chi connectivity index (χ0) is 10.3. The van der Waals surface area contributed by atoms with Gasteiger partial charge in [0.15, 0.2) is 0 Å². The smallest absolute Gasteiger partial charge is 0.0415 e. The van der Waals surface area contributed by atoms with E-state index in [1.165, 1.54) is 41.8 Å². The molecule has 1 aliphatic rings. The van der Waals surface area contributed by atoms with Gasteiger partial charge >= 0.3 is 0 Å². The number of pyridine rings is 1. The fourth-order valence-electron chi connectivity index (χ4n) is 2.88. The summed E-state index contributed by atoms with van der Waals surface area (Å²) in [4.78, 5) is 4.58. The molecule has 1 aromatic heterocycles. The van der Waals surface area contributed by atoms with Crippen LogP contribution in [0, 0.1) is 13.8 Å². The Hall–Kier alpha value is -0.850. The van der Waals surface area contributed by atoms with Crippen LogP contribution in [-0.2, 0) is 11.8 Å². The number of aryl methyl sites for hydroxylation is 3. The van der Waals surface area contributed by atoms with Crippen LogP contribution in [0.25, 0.3) is 0 Å². The van der Waals surface area contributed by atoms with Gasteiger partial charge in [-0.15, -0.1) is 0 Å². The number of hydrogen-bond donors (Lipinski definition) is 0. The van der Waals surface area contributed by atoms with Crippen LogP contribution in [0.1, 0.15) is 49.2 Å². The third-order valence-corrected chi connectivity index (χ3v) is 3.33. The molecule has 0 unspecified atom stereocenters. The Bertz CT molecular complexity index is 364. The van der Waals surface area contributed by atoms with Crippen LogP contribution in [0.5, 0.6) is 0 Å². The van der Waals surface area contributed by atoms with E-state index in [0.29, 0.717) is 5.41 Å². The molecule has 0 saturated carbocycles. The molecule has 76 valence electrons. The van der Waals surface area contributed by atoms with Crippen molar-refractivity contribution in [1.82, 2.24) is 4.98 Å². The third-order valence-electron chi connectivity index (χ3n) is 3.33. The van der Waals surface area contributed by atoms with E-state index in [2.05, 4.69) is 38.7 Å². The average Bonchev–Trinajstić information content (AvgIpc) is 2.00. The van der Waals surface area contributed by atoms with Crippen molar-refractivity contribution in [3.63, 3.8) is 0 Å². The molecular formula is C13H19N.